The molecule has 0 aliphatic carbocycles. The van der Waals surface area contributed by atoms with Crippen molar-refractivity contribution in [3.63, 3.8) is 0 Å². The van der Waals surface area contributed by atoms with Crippen molar-refractivity contribution in [2.45, 2.75) is 26.0 Å². The monoisotopic (exact) mass is 279 g/mol. The number of hydrogen-bond acceptors (Lipinski definition) is 3. The largest absolute Gasteiger partial charge is 0.369 e. The predicted molar refractivity (Wildman–Crippen MR) is 79.3 cm³/mol. The summed E-state index contributed by atoms with van der Waals surface area (Å²) in [5.74, 6) is 2.08. The van der Waals surface area contributed by atoms with Crippen LogP contribution in [-0.4, -0.2) is 41.6 Å². The molecule has 1 aliphatic heterocycles. The zero-order chi connectivity index (χ0) is 13.7. The second kappa shape index (κ2) is 6.96. The number of nitrogens with zero attached hydrogens (tertiary/aromatic N) is 1. The fraction of sp³-hybridized carbons (Fsp3) is 0.533. The van der Waals surface area contributed by atoms with E-state index in [1.54, 1.807) is 0 Å². The highest BCUT2D eigenvalue weighted by atomic mass is 32.2. The first-order valence-corrected chi connectivity index (χ1v) is 7.94. The van der Waals surface area contributed by atoms with Crippen LogP contribution in [0.2, 0.25) is 0 Å². The SMILES string of the molecule is CCO[C@@H](C)C(=O)N1CCSC[C@@H]1c1ccccc1. The summed E-state index contributed by atoms with van der Waals surface area (Å²) in [5.41, 5.74) is 1.21. The zero-order valence-electron chi connectivity index (χ0n) is 11.5. The van der Waals surface area contributed by atoms with E-state index < -0.39 is 0 Å². The van der Waals surface area contributed by atoms with Crippen molar-refractivity contribution in [2.24, 2.45) is 0 Å². The molecule has 1 aliphatic rings. The van der Waals surface area contributed by atoms with Gasteiger partial charge in [0.2, 0.25) is 0 Å². The van der Waals surface area contributed by atoms with E-state index in [-0.39, 0.29) is 18.1 Å². The number of thioether (sulfide) groups is 1. The maximum atomic E-state index is 12.5. The molecule has 0 unspecified atom stereocenters. The fourth-order valence-electron chi connectivity index (χ4n) is 2.37. The maximum absolute atomic E-state index is 12.5. The molecule has 4 heteroatoms. The van der Waals surface area contributed by atoms with Gasteiger partial charge in [0.25, 0.3) is 5.91 Å². The molecule has 3 nitrogen and oxygen atoms in total. The molecular weight excluding hydrogens is 258 g/mol. The van der Waals surface area contributed by atoms with Crippen molar-refractivity contribution in [3.05, 3.63) is 35.9 Å². The summed E-state index contributed by atoms with van der Waals surface area (Å²) in [5, 5.41) is 0. The standard InChI is InChI=1S/C15H21NO2S/c1-3-18-12(2)15(17)16-9-10-19-11-14(16)13-7-5-4-6-8-13/h4-8,12,14H,3,9-11H2,1-2H3/t12-,14+/m0/s1. The average Bonchev–Trinajstić information content (AvgIpc) is 2.47. The minimum Gasteiger partial charge on any atom is -0.369 e. The number of amides is 1. The molecular formula is C15H21NO2S. The first kappa shape index (κ1) is 14.4. The van der Waals surface area contributed by atoms with Gasteiger partial charge in [-0.05, 0) is 19.4 Å². The van der Waals surface area contributed by atoms with Gasteiger partial charge in [-0.2, -0.15) is 11.8 Å². The third-order valence-corrected chi connectivity index (χ3v) is 4.38. The van der Waals surface area contributed by atoms with Gasteiger partial charge < -0.3 is 9.64 Å². The smallest absolute Gasteiger partial charge is 0.251 e. The molecule has 104 valence electrons. The Bertz CT molecular complexity index is 410. The molecule has 0 aromatic heterocycles. The Kier molecular flexibility index (Phi) is 5.28. The number of ether oxygens (including phenoxy) is 1. The summed E-state index contributed by atoms with van der Waals surface area (Å²) in [6, 6.07) is 10.4. The molecule has 19 heavy (non-hydrogen) atoms. The lowest BCUT2D eigenvalue weighted by atomic mass is 10.1. The van der Waals surface area contributed by atoms with Crippen molar-refractivity contribution in [3.8, 4) is 0 Å². The van der Waals surface area contributed by atoms with Gasteiger partial charge in [-0.3, -0.25) is 4.79 Å². The molecule has 1 saturated heterocycles. The number of carbonyl (C=O) groups is 1. The topological polar surface area (TPSA) is 29.5 Å². The first-order valence-electron chi connectivity index (χ1n) is 6.78. The molecule has 0 radical (unpaired) electrons. The van der Waals surface area contributed by atoms with Crippen LogP contribution in [0.15, 0.2) is 30.3 Å². The second-order valence-electron chi connectivity index (χ2n) is 4.63. The summed E-state index contributed by atoms with van der Waals surface area (Å²) < 4.78 is 5.44. The summed E-state index contributed by atoms with van der Waals surface area (Å²) in [6.45, 7) is 5.14. The first-order chi connectivity index (χ1) is 9.24. The van der Waals surface area contributed by atoms with Crippen LogP contribution in [0.1, 0.15) is 25.5 Å². The minimum absolute atomic E-state index is 0.107. The summed E-state index contributed by atoms with van der Waals surface area (Å²) >= 11 is 1.91. The second-order valence-corrected chi connectivity index (χ2v) is 5.78. The molecule has 0 bridgehead atoms. The lowest BCUT2D eigenvalue weighted by molar-refractivity contribution is -0.144. The highest BCUT2D eigenvalue weighted by Gasteiger charge is 2.30. The molecule has 1 heterocycles. The molecule has 0 N–H and O–H groups in total. The molecule has 1 amide bonds. The van der Waals surface area contributed by atoms with E-state index in [0.717, 1.165) is 18.1 Å². The van der Waals surface area contributed by atoms with Gasteiger partial charge in [-0.1, -0.05) is 30.3 Å². The number of hydrogen-bond donors (Lipinski definition) is 0. The van der Waals surface area contributed by atoms with Crippen LogP contribution in [-0.2, 0) is 9.53 Å². The van der Waals surface area contributed by atoms with Crippen LogP contribution < -0.4 is 0 Å². The van der Waals surface area contributed by atoms with Crippen LogP contribution >= 0.6 is 11.8 Å². The van der Waals surface area contributed by atoms with Crippen LogP contribution in [0, 0.1) is 0 Å². The van der Waals surface area contributed by atoms with Crippen molar-refractivity contribution in [2.75, 3.05) is 24.7 Å². The minimum atomic E-state index is -0.348. The van der Waals surface area contributed by atoms with Crippen LogP contribution in [0.4, 0.5) is 0 Å². The lowest BCUT2D eigenvalue weighted by Crippen LogP contribution is -2.45. The Labute approximate surface area is 119 Å². The Morgan fingerprint density at radius 2 is 2.21 bits per heavy atom. The van der Waals surface area contributed by atoms with E-state index >= 15 is 0 Å². The Morgan fingerprint density at radius 3 is 2.89 bits per heavy atom. The van der Waals surface area contributed by atoms with Crippen LogP contribution in [0.3, 0.4) is 0 Å². The molecule has 1 aromatic carbocycles. The van der Waals surface area contributed by atoms with E-state index in [1.165, 1.54) is 5.56 Å². The third-order valence-electron chi connectivity index (χ3n) is 3.36. The van der Waals surface area contributed by atoms with Gasteiger partial charge >= 0.3 is 0 Å². The number of carbonyl (C=O) groups excluding carboxylic acids is 1. The van der Waals surface area contributed by atoms with Crippen molar-refractivity contribution >= 4 is 17.7 Å². The van der Waals surface area contributed by atoms with E-state index in [4.69, 9.17) is 4.74 Å². The molecule has 0 saturated carbocycles. The third kappa shape index (κ3) is 3.51. The fourth-order valence-corrected chi connectivity index (χ4v) is 3.46. The zero-order valence-corrected chi connectivity index (χ0v) is 12.4. The van der Waals surface area contributed by atoms with E-state index in [1.807, 2.05) is 48.7 Å². The molecule has 0 spiro atoms. The summed E-state index contributed by atoms with van der Waals surface area (Å²) in [4.78, 5) is 14.4. The van der Waals surface area contributed by atoms with Crippen LogP contribution in [0.5, 0.6) is 0 Å². The van der Waals surface area contributed by atoms with Gasteiger partial charge in [0, 0.05) is 24.7 Å². The lowest BCUT2D eigenvalue weighted by Gasteiger charge is -2.37. The predicted octanol–water partition coefficient (Wildman–Crippen LogP) is 2.73. The van der Waals surface area contributed by atoms with Crippen molar-refractivity contribution in [1.82, 2.24) is 4.90 Å². The van der Waals surface area contributed by atoms with Gasteiger partial charge in [0.15, 0.2) is 0 Å². The molecule has 2 atom stereocenters. The number of rotatable bonds is 4. The highest BCUT2D eigenvalue weighted by Crippen LogP contribution is 2.30. The van der Waals surface area contributed by atoms with E-state index in [9.17, 15) is 4.79 Å². The molecule has 1 fully saturated rings. The van der Waals surface area contributed by atoms with E-state index in [0.29, 0.717) is 6.61 Å². The Balaban J connectivity index is 2.14. The van der Waals surface area contributed by atoms with Gasteiger partial charge in [0.05, 0.1) is 6.04 Å². The van der Waals surface area contributed by atoms with Crippen molar-refractivity contribution < 1.29 is 9.53 Å². The maximum Gasteiger partial charge on any atom is 0.251 e. The Morgan fingerprint density at radius 1 is 1.47 bits per heavy atom. The summed E-state index contributed by atoms with van der Waals surface area (Å²) in [6.07, 6.45) is -0.348. The van der Waals surface area contributed by atoms with Gasteiger partial charge in [-0.25, -0.2) is 0 Å². The molecule has 2 rings (SSSR count). The number of benzene rings is 1. The van der Waals surface area contributed by atoms with Crippen molar-refractivity contribution in [1.29, 1.82) is 0 Å². The molecule has 1 aromatic rings. The van der Waals surface area contributed by atoms with Gasteiger partial charge in [0.1, 0.15) is 6.10 Å². The van der Waals surface area contributed by atoms with E-state index in [2.05, 4.69) is 12.1 Å². The quantitative estimate of drug-likeness (QED) is 0.849. The Hall–Kier alpha value is -1.00. The highest BCUT2D eigenvalue weighted by molar-refractivity contribution is 7.99. The van der Waals surface area contributed by atoms with Gasteiger partial charge in [-0.15, -0.1) is 0 Å². The summed E-state index contributed by atoms with van der Waals surface area (Å²) in [7, 11) is 0. The normalized spacial score (nSPS) is 21.2. The average molecular weight is 279 g/mol. The van der Waals surface area contributed by atoms with Crippen LogP contribution in [0.25, 0.3) is 0 Å².